The summed E-state index contributed by atoms with van der Waals surface area (Å²) in [7, 11) is 0. The van der Waals surface area contributed by atoms with Gasteiger partial charge in [0.2, 0.25) is 0 Å². The molecule has 0 amide bonds. The van der Waals surface area contributed by atoms with E-state index in [-0.39, 0.29) is 24.6 Å². The van der Waals surface area contributed by atoms with Crippen LogP contribution in [0.5, 0.6) is 0 Å². The summed E-state index contributed by atoms with van der Waals surface area (Å²) in [6, 6.07) is 0. The smallest absolute Gasteiger partial charge is 0.309 e. The highest BCUT2D eigenvalue weighted by molar-refractivity contribution is 5.74. The highest BCUT2D eigenvalue weighted by Gasteiger charge is 2.33. The van der Waals surface area contributed by atoms with Crippen LogP contribution in [0.2, 0.25) is 0 Å². The Kier molecular flexibility index (Phi) is 13.9. The molecule has 1 fully saturated rings. The zero-order valence-corrected chi connectivity index (χ0v) is 16.5. The predicted octanol–water partition coefficient (Wildman–Crippen LogP) is 4.95. The number of carbonyl (C=O) groups excluding carboxylic acids is 1. The van der Waals surface area contributed by atoms with Crippen LogP contribution in [-0.2, 0) is 9.53 Å². The zero-order chi connectivity index (χ0) is 19.6. The number of unbranched alkanes of at least 4 members (excludes halogenated alkanes) is 8. The minimum atomic E-state index is -0.268. The van der Waals surface area contributed by atoms with Crippen LogP contribution in [0.15, 0.2) is 24.8 Å². The predicted molar refractivity (Wildman–Crippen MR) is 111 cm³/mol. The minimum absolute atomic E-state index is 0.00598. The first-order valence-corrected chi connectivity index (χ1v) is 10.3. The van der Waals surface area contributed by atoms with Gasteiger partial charge in [0, 0.05) is 6.42 Å². The molecule has 1 aliphatic heterocycles. The average molecular weight is 371 g/mol. The van der Waals surface area contributed by atoms with Crippen LogP contribution in [0.1, 0.15) is 77.0 Å². The standard InChI is InChI=1S/C24H34O3/c1-2-3-4-5-6-7-8-9-10-11-12-13-14-15-16-17-18-19-22-20-23(21-25)27-24(22)26/h2,5-6,22-23,25H,1,3-4,11-21H2/b6-5+/t22-,23-/m0/s1. The monoisotopic (exact) mass is 370 g/mol. The summed E-state index contributed by atoms with van der Waals surface area (Å²) in [5.74, 6) is 11.7. The Labute approximate surface area is 165 Å². The second-order valence-corrected chi connectivity index (χ2v) is 7.03. The number of ether oxygens (including phenoxy) is 1. The molecule has 1 rings (SSSR count). The quantitative estimate of drug-likeness (QED) is 0.216. The molecule has 27 heavy (non-hydrogen) atoms. The number of rotatable bonds is 13. The normalized spacial score (nSPS) is 18.5. The van der Waals surface area contributed by atoms with Crippen LogP contribution in [0.25, 0.3) is 0 Å². The summed E-state index contributed by atoms with van der Waals surface area (Å²) in [6.07, 6.45) is 18.3. The number of aliphatic hydroxyl groups excluding tert-OH is 1. The van der Waals surface area contributed by atoms with Crippen LogP contribution in [-0.4, -0.2) is 23.8 Å². The lowest BCUT2D eigenvalue weighted by molar-refractivity contribution is -0.145. The van der Waals surface area contributed by atoms with E-state index in [0.29, 0.717) is 6.42 Å². The molecule has 1 heterocycles. The number of hydrogen-bond donors (Lipinski definition) is 1. The van der Waals surface area contributed by atoms with Gasteiger partial charge in [-0.05, 0) is 50.0 Å². The number of cyclic esters (lactones) is 1. The van der Waals surface area contributed by atoms with Gasteiger partial charge in [0.25, 0.3) is 0 Å². The van der Waals surface area contributed by atoms with E-state index in [4.69, 9.17) is 9.84 Å². The van der Waals surface area contributed by atoms with Gasteiger partial charge < -0.3 is 9.84 Å². The molecule has 1 saturated heterocycles. The molecule has 2 atom stereocenters. The largest absolute Gasteiger partial charge is 0.460 e. The first-order chi connectivity index (χ1) is 13.3. The molecule has 0 aromatic rings. The summed E-state index contributed by atoms with van der Waals surface area (Å²) in [6.45, 7) is 3.63. The van der Waals surface area contributed by atoms with Gasteiger partial charge in [0.05, 0.1) is 12.5 Å². The van der Waals surface area contributed by atoms with Crippen LogP contribution in [0, 0.1) is 29.6 Å². The van der Waals surface area contributed by atoms with Crippen molar-refractivity contribution in [2.24, 2.45) is 5.92 Å². The second kappa shape index (κ2) is 16.2. The lowest BCUT2D eigenvalue weighted by Gasteiger charge is -2.05. The maximum Gasteiger partial charge on any atom is 0.309 e. The van der Waals surface area contributed by atoms with Crippen LogP contribution in [0.4, 0.5) is 0 Å². The summed E-state index contributed by atoms with van der Waals surface area (Å²) in [5.41, 5.74) is 0. The second-order valence-electron chi connectivity index (χ2n) is 7.03. The molecule has 0 radical (unpaired) electrons. The SMILES string of the molecule is C=CCC/C=C/C#CC#CCCCCCCCCC[C@H]1C[C@@H](CO)OC1=O. The number of allylic oxidation sites excluding steroid dienone is 3. The highest BCUT2D eigenvalue weighted by Crippen LogP contribution is 2.26. The zero-order valence-electron chi connectivity index (χ0n) is 16.5. The topological polar surface area (TPSA) is 46.5 Å². The number of esters is 1. The molecule has 3 nitrogen and oxygen atoms in total. The molecule has 0 aromatic heterocycles. The molecule has 3 heteroatoms. The van der Waals surface area contributed by atoms with E-state index in [1.165, 1.54) is 32.1 Å². The maximum absolute atomic E-state index is 11.6. The van der Waals surface area contributed by atoms with Crippen molar-refractivity contribution in [3.8, 4) is 23.7 Å². The Balaban J connectivity index is 1.89. The Morgan fingerprint density at radius 3 is 2.52 bits per heavy atom. The van der Waals surface area contributed by atoms with Crippen molar-refractivity contribution in [1.82, 2.24) is 0 Å². The van der Waals surface area contributed by atoms with Crippen molar-refractivity contribution in [2.45, 2.75) is 83.2 Å². The van der Waals surface area contributed by atoms with Gasteiger partial charge in [-0.3, -0.25) is 4.79 Å². The lowest BCUT2D eigenvalue weighted by Crippen LogP contribution is -2.10. The van der Waals surface area contributed by atoms with Crippen molar-refractivity contribution in [1.29, 1.82) is 0 Å². The van der Waals surface area contributed by atoms with Crippen molar-refractivity contribution in [3.05, 3.63) is 24.8 Å². The number of hydrogen-bond acceptors (Lipinski definition) is 3. The Hall–Kier alpha value is -1.97. The van der Waals surface area contributed by atoms with Gasteiger partial charge in [-0.15, -0.1) is 6.58 Å². The number of aliphatic hydroxyl groups is 1. The Morgan fingerprint density at radius 2 is 1.81 bits per heavy atom. The third-order valence-electron chi connectivity index (χ3n) is 4.68. The molecule has 0 aliphatic carbocycles. The molecule has 0 unspecified atom stereocenters. The molecular weight excluding hydrogens is 336 g/mol. The van der Waals surface area contributed by atoms with Crippen LogP contribution >= 0.6 is 0 Å². The summed E-state index contributed by atoms with van der Waals surface area (Å²) in [5, 5.41) is 9.02. The Bertz CT molecular complexity index is 568. The van der Waals surface area contributed by atoms with Gasteiger partial charge in [-0.25, -0.2) is 0 Å². The van der Waals surface area contributed by atoms with E-state index in [0.717, 1.165) is 38.5 Å². The van der Waals surface area contributed by atoms with Crippen molar-refractivity contribution >= 4 is 5.97 Å². The first kappa shape index (κ1) is 23.1. The molecule has 148 valence electrons. The van der Waals surface area contributed by atoms with Gasteiger partial charge >= 0.3 is 5.97 Å². The van der Waals surface area contributed by atoms with Crippen molar-refractivity contribution < 1.29 is 14.6 Å². The van der Waals surface area contributed by atoms with E-state index in [9.17, 15) is 4.79 Å². The van der Waals surface area contributed by atoms with E-state index < -0.39 is 0 Å². The Morgan fingerprint density at radius 1 is 1.07 bits per heavy atom. The fourth-order valence-electron chi connectivity index (χ4n) is 3.10. The third kappa shape index (κ3) is 12.1. The third-order valence-corrected chi connectivity index (χ3v) is 4.68. The van der Waals surface area contributed by atoms with E-state index in [2.05, 4.69) is 30.3 Å². The molecule has 1 aliphatic rings. The molecular formula is C24H34O3. The van der Waals surface area contributed by atoms with E-state index in [1.807, 2.05) is 18.2 Å². The molecule has 0 aromatic carbocycles. The van der Waals surface area contributed by atoms with Crippen LogP contribution in [0.3, 0.4) is 0 Å². The lowest BCUT2D eigenvalue weighted by atomic mass is 9.97. The average Bonchev–Trinajstić information content (AvgIpc) is 3.04. The summed E-state index contributed by atoms with van der Waals surface area (Å²) < 4.78 is 5.09. The van der Waals surface area contributed by atoms with Gasteiger partial charge in [0.15, 0.2) is 0 Å². The van der Waals surface area contributed by atoms with Gasteiger partial charge in [-0.2, -0.15) is 0 Å². The first-order valence-electron chi connectivity index (χ1n) is 10.3. The maximum atomic E-state index is 11.6. The fraction of sp³-hybridized carbons (Fsp3) is 0.625. The molecule has 1 N–H and O–H groups in total. The van der Waals surface area contributed by atoms with Gasteiger partial charge in [0.1, 0.15) is 6.10 Å². The number of carbonyl (C=O) groups is 1. The fourth-order valence-corrected chi connectivity index (χ4v) is 3.10. The minimum Gasteiger partial charge on any atom is -0.460 e. The molecule has 0 saturated carbocycles. The summed E-state index contributed by atoms with van der Waals surface area (Å²) >= 11 is 0. The van der Waals surface area contributed by atoms with Crippen LogP contribution < -0.4 is 0 Å². The van der Waals surface area contributed by atoms with Crippen molar-refractivity contribution in [2.75, 3.05) is 6.61 Å². The summed E-state index contributed by atoms with van der Waals surface area (Å²) in [4.78, 5) is 11.6. The molecule has 0 bridgehead atoms. The molecule has 0 spiro atoms. The van der Waals surface area contributed by atoms with E-state index >= 15 is 0 Å². The van der Waals surface area contributed by atoms with Gasteiger partial charge in [-0.1, -0.05) is 62.5 Å². The van der Waals surface area contributed by atoms with E-state index in [1.54, 1.807) is 0 Å². The highest BCUT2D eigenvalue weighted by atomic mass is 16.6. The van der Waals surface area contributed by atoms with Crippen molar-refractivity contribution in [3.63, 3.8) is 0 Å².